The third-order valence-corrected chi connectivity index (χ3v) is 3.44. The summed E-state index contributed by atoms with van der Waals surface area (Å²) >= 11 is 0. The second-order valence-corrected chi connectivity index (χ2v) is 5.31. The van der Waals surface area contributed by atoms with Gasteiger partial charge in [-0.05, 0) is 48.2 Å². The molecule has 5 heteroatoms. The van der Waals surface area contributed by atoms with Crippen LogP contribution in [-0.2, 0) is 22.4 Å². The Labute approximate surface area is 134 Å². The molecule has 3 N–H and O–H groups in total. The summed E-state index contributed by atoms with van der Waals surface area (Å²) < 4.78 is 0. The monoisotopic (exact) mass is 313 g/mol. The van der Waals surface area contributed by atoms with E-state index >= 15 is 0 Å². The summed E-state index contributed by atoms with van der Waals surface area (Å²) in [6.07, 6.45) is 1.52. The van der Waals surface area contributed by atoms with Gasteiger partial charge in [-0.2, -0.15) is 0 Å². The second kappa shape index (κ2) is 7.98. The van der Waals surface area contributed by atoms with E-state index in [0.29, 0.717) is 24.9 Å². The largest absolute Gasteiger partial charge is 0.508 e. The minimum Gasteiger partial charge on any atom is -0.508 e. The van der Waals surface area contributed by atoms with Crippen LogP contribution in [0.25, 0.3) is 0 Å². The van der Waals surface area contributed by atoms with E-state index in [1.54, 1.807) is 36.4 Å². The van der Waals surface area contributed by atoms with E-state index in [1.807, 2.05) is 12.1 Å². The maximum absolute atomic E-state index is 11.9. The van der Waals surface area contributed by atoms with Crippen LogP contribution in [0.15, 0.2) is 48.5 Å². The first-order chi connectivity index (χ1) is 11.0. The van der Waals surface area contributed by atoms with E-state index in [0.717, 1.165) is 11.1 Å². The normalized spacial score (nSPS) is 10.3. The van der Waals surface area contributed by atoms with Crippen molar-refractivity contribution in [2.75, 3.05) is 5.32 Å². The van der Waals surface area contributed by atoms with Crippen molar-refractivity contribution in [2.45, 2.75) is 25.7 Å². The zero-order valence-corrected chi connectivity index (χ0v) is 12.7. The number of nitrogens with one attached hydrogen (secondary N) is 1. The molecule has 0 heterocycles. The van der Waals surface area contributed by atoms with Gasteiger partial charge in [0.25, 0.3) is 0 Å². The number of carboxylic acids is 1. The number of phenols is 1. The molecule has 0 aliphatic heterocycles. The number of carbonyl (C=O) groups is 2. The lowest BCUT2D eigenvalue weighted by Gasteiger charge is -2.07. The predicted molar refractivity (Wildman–Crippen MR) is 87.5 cm³/mol. The van der Waals surface area contributed by atoms with Crippen LogP contribution in [0, 0.1) is 0 Å². The van der Waals surface area contributed by atoms with Gasteiger partial charge in [-0.15, -0.1) is 0 Å². The predicted octanol–water partition coefficient (Wildman–Crippen LogP) is 2.98. The molecule has 0 saturated heterocycles. The van der Waals surface area contributed by atoms with Crippen molar-refractivity contribution in [2.24, 2.45) is 0 Å². The lowest BCUT2D eigenvalue weighted by atomic mass is 10.1. The van der Waals surface area contributed by atoms with Crippen LogP contribution in [0.3, 0.4) is 0 Å². The van der Waals surface area contributed by atoms with Crippen molar-refractivity contribution in [1.82, 2.24) is 0 Å². The Morgan fingerprint density at radius 3 is 1.91 bits per heavy atom. The summed E-state index contributed by atoms with van der Waals surface area (Å²) in [5, 5.41) is 20.7. The second-order valence-electron chi connectivity index (χ2n) is 5.31. The van der Waals surface area contributed by atoms with Crippen molar-refractivity contribution in [3.8, 4) is 5.75 Å². The first-order valence-electron chi connectivity index (χ1n) is 7.41. The molecule has 0 aliphatic rings. The maximum Gasteiger partial charge on any atom is 0.303 e. The molecule has 2 rings (SSSR count). The van der Waals surface area contributed by atoms with Gasteiger partial charge in [-0.3, -0.25) is 9.59 Å². The summed E-state index contributed by atoms with van der Waals surface area (Å²) in [5.41, 5.74) is 2.61. The van der Waals surface area contributed by atoms with Crippen LogP contribution in [0.4, 0.5) is 5.69 Å². The standard InChI is InChI=1S/C18H19NO4/c20-16-9-3-14(4-10-16)5-11-17(21)19-15-7-1-13(2-8-15)6-12-18(22)23/h1-4,7-10,20H,5-6,11-12H2,(H,19,21)(H,22,23). The van der Waals surface area contributed by atoms with E-state index < -0.39 is 5.97 Å². The molecule has 0 aromatic heterocycles. The molecule has 0 bridgehead atoms. The Balaban J connectivity index is 1.80. The number of carbonyl (C=O) groups excluding carboxylic acids is 1. The van der Waals surface area contributed by atoms with Crippen LogP contribution in [0.5, 0.6) is 5.75 Å². The number of rotatable bonds is 7. The van der Waals surface area contributed by atoms with Gasteiger partial charge in [0.1, 0.15) is 5.75 Å². The molecular formula is C18H19NO4. The number of anilines is 1. The molecule has 0 aliphatic carbocycles. The number of aryl methyl sites for hydroxylation is 2. The van der Waals surface area contributed by atoms with Gasteiger partial charge in [0.05, 0.1) is 0 Å². The number of aromatic hydroxyl groups is 1. The Kier molecular flexibility index (Phi) is 5.74. The molecule has 5 nitrogen and oxygen atoms in total. The number of phenolic OH excluding ortho intramolecular Hbond substituents is 1. The van der Waals surface area contributed by atoms with Crippen LogP contribution in [0.2, 0.25) is 0 Å². The van der Waals surface area contributed by atoms with Crippen molar-refractivity contribution >= 4 is 17.6 Å². The van der Waals surface area contributed by atoms with Gasteiger partial charge < -0.3 is 15.5 Å². The van der Waals surface area contributed by atoms with Crippen molar-refractivity contribution in [3.05, 3.63) is 59.7 Å². The molecule has 120 valence electrons. The van der Waals surface area contributed by atoms with E-state index in [2.05, 4.69) is 5.32 Å². The first-order valence-corrected chi connectivity index (χ1v) is 7.41. The quantitative estimate of drug-likeness (QED) is 0.733. The summed E-state index contributed by atoms with van der Waals surface area (Å²) in [7, 11) is 0. The van der Waals surface area contributed by atoms with Crippen molar-refractivity contribution < 1.29 is 19.8 Å². The molecule has 2 aromatic carbocycles. The van der Waals surface area contributed by atoms with Crippen LogP contribution in [-0.4, -0.2) is 22.1 Å². The maximum atomic E-state index is 11.9. The number of amides is 1. The fraction of sp³-hybridized carbons (Fsp3) is 0.222. The molecular weight excluding hydrogens is 294 g/mol. The number of hydrogen-bond donors (Lipinski definition) is 3. The SMILES string of the molecule is O=C(O)CCc1ccc(NC(=O)CCc2ccc(O)cc2)cc1. The third kappa shape index (κ3) is 5.82. The fourth-order valence-corrected chi connectivity index (χ4v) is 2.15. The van der Waals surface area contributed by atoms with E-state index in [9.17, 15) is 14.7 Å². The Morgan fingerprint density at radius 2 is 1.35 bits per heavy atom. The zero-order chi connectivity index (χ0) is 16.7. The number of carboxylic acid groups (broad SMARTS) is 1. The topological polar surface area (TPSA) is 86.6 Å². The molecule has 0 unspecified atom stereocenters. The average Bonchev–Trinajstić information content (AvgIpc) is 2.53. The zero-order valence-electron chi connectivity index (χ0n) is 12.7. The molecule has 1 amide bonds. The van der Waals surface area contributed by atoms with Crippen molar-refractivity contribution in [1.29, 1.82) is 0 Å². The Morgan fingerprint density at radius 1 is 0.826 bits per heavy atom. The fourth-order valence-electron chi connectivity index (χ4n) is 2.15. The highest BCUT2D eigenvalue weighted by Crippen LogP contribution is 2.13. The first kappa shape index (κ1) is 16.5. The Hall–Kier alpha value is -2.82. The van der Waals surface area contributed by atoms with E-state index in [-0.39, 0.29) is 18.1 Å². The molecule has 23 heavy (non-hydrogen) atoms. The molecule has 2 aromatic rings. The summed E-state index contributed by atoms with van der Waals surface area (Å²) in [4.78, 5) is 22.4. The molecule has 0 saturated carbocycles. The Bertz CT molecular complexity index is 662. The van der Waals surface area contributed by atoms with Crippen molar-refractivity contribution in [3.63, 3.8) is 0 Å². The van der Waals surface area contributed by atoms with Crippen LogP contribution in [0.1, 0.15) is 24.0 Å². The lowest BCUT2D eigenvalue weighted by molar-refractivity contribution is -0.137. The highest BCUT2D eigenvalue weighted by molar-refractivity contribution is 5.90. The average molecular weight is 313 g/mol. The van der Waals surface area contributed by atoms with Gasteiger partial charge in [0, 0.05) is 18.5 Å². The van der Waals surface area contributed by atoms with Gasteiger partial charge in [0.15, 0.2) is 0 Å². The molecule has 0 spiro atoms. The summed E-state index contributed by atoms with van der Waals surface area (Å²) in [6, 6.07) is 14.0. The highest BCUT2D eigenvalue weighted by atomic mass is 16.4. The lowest BCUT2D eigenvalue weighted by Crippen LogP contribution is -2.12. The minimum atomic E-state index is -0.823. The molecule has 0 radical (unpaired) electrons. The van der Waals surface area contributed by atoms with Crippen LogP contribution >= 0.6 is 0 Å². The third-order valence-electron chi connectivity index (χ3n) is 3.44. The van der Waals surface area contributed by atoms with Gasteiger partial charge in [0.2, 0.25) is 5.91 Å². The van der Waals surface area contributed by atoms with E-state index in [4.69, 9.17) is 5.11 Å². The summed E-state index contributed by atoms with van der Waals surface area (Å²) in [6.45, 7) is 0. The highest BCUT2D eigenvalue weighted by Gasteiger charge is 2.04. The summed E-state index contributed by atoms with van der Waals surface area (Å²) in [5.74, 6) is -0.700. The number of benzene rings is 2. The minimum absolute atomic E-state index is 0.0867. The van der Waals surface area contributed by atoms with Gasteiger partial charge in [-0.25, -0.2) is 0 Å². The molecule has 0 atom stereocenters. The smallest absolute Gasteiger partial charge is 0.303 e. The number of aliphatic carboxylic acids is 1. The molecule has 0 fully saturated rings. The number of hydrogen-bond acceptors (Lipinski definition) is 3. The van der Waals surface area contributed by atoms with Gasteiger partial charge in [-0.1, -0.05) is 24.3 Å². The van der Waals surface area contributed by atoms with Gasteiger partial charge >= 0.3 is 5.97 Å². The van der Waals surface area contributed by atoms with E-state index in [1.165, 1.54) is 0 Å². The van der Waals surface area contributed by atoms with Crippen LogP contribution < -0.4 is 5.32 Å².